The zero-order valence-electron chi connectivity index (χ0n) is 8.50. The van der Waals surface area contributed by atoms with Crippen LogP contribution in [0.15, 0.2) is 18.2 Å². The fourth-order valence-corrected chi connectivity index (χ4v) is 2.75. The highest BCUT2D eigenvalue weighted by Crippen LogP contribution is 2.32. The average Bonchev–Trinajstić information content (AvgIpc) is 2.23. The molecule has 0 nitrogen and oxygen atoms in total. The number of hydrogen-bond donors (Lipinski definition) is 0. The lowest BCUT2D eigenvalue weighted by Gasteiger charge is -2.22. The van der Waals surface area contributed by atoms with Crippen LogP contribution in [0.4, 0.5) is 0 Å². The minimum atomic E-state index is 0.827. The predicted molar refractivity (Wildman–Crippen MR) is 71.0 cm³/mol. The third-order valence-electron chi connectivity index (χ3n) is 3.19. The van der Waals surface area contributed by atoms with Crippen molar-refractivity contribution in [3.63, 3.8) is 0 Å². The lowest BCUT2D eigenvalue weighted by atomic mass is 9.84. The van der Waals surface area contributed by atoms with E-state index in [1.54, 1.807) is 5.56 Å². The molecule has 0 aromatic heterocycles. The van der Waals surface area contributed by atoms with Crippen molar-refractivity contribution in [2.24, 2.45) is 0 Å². The average molecular weight is 224 g/mol. The van der Waals surface area contributed by atoms with Gasteiger partial charge in [0.25, 0.3) is 0 Å². The van der Waals surface area contributed by atoms with Gasteiger partial charge in [0.1, 0.15) is 0 Å². The lowest BCUT2D eigenvalue weighted by Crippen LogP contribution is -2.14. The van der Waals surface area contributed by atoms with E-state index >= 15 is 0 Å². The van der Waals surface area contributed by atoms with E-state index in [-0.39, 0.29) is 0 Å². The fraction of sp³-hybridized carbons (Fsp3) is 0.500. The van der Waals surface area contributed by atoms with E-state index in [0.717, 1.165) is 5.92 Å². The topological polar surface area (TPSA) is 0 Å². The van der Waals surface area contributed by atoms with E-state index in [1.807, 2.05) is 0 Å². The van der Waals surface area contributed by atoms with Crippen LogP contribution in [0, 0.1) is 0 Å². The molecule has 76 valence electrons. The van der Waals surface area contributed by atoms with Gasteiger partial charge in [-0.3, -0.25) is 0 Å². The standard InChI is InChI=1S/C12H18P2/c13-11-7-6-10(8-12(11)14)9-4-2-1-3-5-9/h6-9H,1-5,13-14H2. The summed E-state index contributed by atoms with van der Waals surface area (Å²) in [5.74, 6) is 0.827. The van der Waals surface area contributed by atoms with Crippen LogP contribution in [0.1, 0.15) is 43.6 Å². The number of hydrogen-bond acceptors (Lipinski definition) is 0. The van der Waals surface area contributed by atoms with Gasteiger partial charge >= 0.3 is 0 Å². The van der Waals surface area contributed by atoms with E-state index < -0.39 is 0 Å². The quantitative estimate of drug-likeness (QED) is 0.643. The van der Waals surface area contributed by atoms with Crippen LogP contribution in [-0.4, -0.2) is 0 Å². The first-order valence-corrected chi connectivity index (χ1v) is 6.58. The summed E-state index contributed by atoms with van der Waals surface area (Å²) in [6.45, 7) is 0. The molecule has 2 atom stereocenters. The summed E-state index contributed by atoms with van der Waals surface area (Å²) in [6.07, 6.45) is 7.05. The molecule has 0 heterocycles. The summed E-state index contributed by atoms with van der Waals surface area (Å²) in [5, 5.41) is 2.63. The van der Waals surface area contributed by atoms with Crippen LogP contribution in [0.25, 0.3) is 0 Å². The molecule has 0 spiro atoms. The maximum absolute atomic E-state index is 2.82. The van der Waals surface area contributed by atoms with Crippen molar-refractivity contribution in [2.45, 2.75) is 38.0 Å². The Balaban J connectivity index is 2.18. The molecule has 2 rings (SSSR count). The summed E-state index contributed by atoms with van der Waals surface area (Å²) >= 11 is 0. The van der Waals surface area contributed by atoms with Crippen molar-refractivity contribution in [1.82, 2.24) is 0 Å². The summed E-state index contributed by atoms with van der Waals surface area (Å²) in [7, 11) is 5.60. The highest BCUT2D eigenvalue weighted by Gasteiger charge is 2.15. The van der Waals surface area contributed by atoms with Gasteiger partial charge in [0.05, 0.1) is 0 Å². The van der Waals surface area contributed by atoms with E-state index in [9.17, 15) is 0 Å². The fourth-order valence-electron chi connectivity index (χ4n) is 2.28. The molecule has 0 aliphatic heterocycles. The molecule has 1 aliphatic rings. The van der Waals surface area contributed by atoms with Crippen LogP contribution in [-0.2, 0) is 0 Å². The van der Waals surface area contributed by atoms with E-state index in [1.165, 1.54) is 42.7 Å². The first-order valence-electron chi connectivity index (χ1n) is 5.42. The van der Waals surface area contributed by atoms with Crippen molar-refractivity contribution < 1.29 is 0 Å². The number of benzene rings is 1. The molecule has 0 bridgehead atoms. The molecule has 1 aromatic carbocycles. The normalized spacial score (nSPS) is 18.4. The summed E-state index contributed by atoms with van der Waals surface area (Å²) in [5.41, 5.74) is 1.54. The molecule has 1 fully saturated rings. The smallest absolute Gasteiger partial charge is 0.0162 e. The Morgan fingerprint density at radius 3 is 2.29 bits per heavy atom. The van der Waals surface area contributed by atoms with Gasteiger partial charge in [-0.2, -0.15) is 0 Å². The van der Waals surface area contributed by atoms with Crippen molar-refractivity contribution in [1.29, 1.82) is 0 Å². The Morgan fingerprint density at radius 2 is 1.64 bits per heavy atom. The molecule has 0 saturated heterocycles. The molecule has 2 unspecified atom stereocenters. The van der Waals surface area contributed by atoms with E-state index in [0.29, 0.717) is 0 Å². The Hall–Kier alpha value is 0.0800. The number of rotatable bonds is 1. The maximum Gasteiger partial charge on any atom is -0.0162 e. The maximum atomic E-state index is 2.82. The minimum Gasteiger partial charge on any atom is -0.105 e. The van der Waals surface area contributed by atoms with E-state index in [4.69, 9.17) is 0 Å². The van der Waals surface area contributed by atoms with Crippen LogP contribution in [0.3, 0.4) is 0 Å². The monoisotopic (exact) mass is 224 g/mol. The third-order valence-corrected chi connectivity index (χ3v) is 4.55. The van der Waals surface area contributed by atoms with Crippen LogP contribution >= 0.6 is 18.5 Å². The second-order valence-corrected chi connectivity index (χ2v) is 5.47. The minimum absolute atomic E-state index is 0.827. The molecule has 1 aromatic rings. The molecular weight excluding hydrogens is 206 g/mol. The molecule has 0 radical (unpaired) electrons. The van der Waals surface area contributed by atoms with Gasteiger partial charge in [-0.05, 0) is 34.9 Å². The first kappa shape index (κ1) is 10.6. The van der Waals surface area contributed by atoms with Gasteiger partial charge in [-0.1, -0.05) is 37.5 Å². The highest BCUT2D eigenvalue weighted by atomic mass is 31.0. The summed E-state index contributed by atoms with van der Waals surface area (Å²) < 4.78 is 0. The van der Waals surface area contributed by atoms with Gasteiger partial charge in [0, 0.05) is 0 Å². The van der Waals surface area contributed by atoms with E-state index in [2.05, 4.69) is 36.7 Å². The molecule has 0 amide bonds. The molecule has 1 aliphatic carbocycles. The molecule has 1 saturated carbocycles. The second-order valence-electron chi connectivity index (χ2n) is 4.22. The van der Waals surface area contributed by atoms with Gasteiger partial charge < -0.3 is 0 Å². The molecule has 0 N–H and O–H groups in total. The largest absolute Gasteiger partial charge is 0.105 e. The second kappa shape index (κ2) is 4.73. The third kappa shape index (κ3) is 2.36. The molecule has 14 heavy (non-hydrogen) atoms. The van der Waals surface area contributed by atoms with Crippen molar-refractivity contribution in [3.8, 4) is 0 Å². The molecular formula is C12H18P2. The van der Waals surface area contributed by atoms with Gasteiger partial charge in [0.15, 0.2) is 0 Å². The van der Waals surface area contributed by atoms with Crippen LogP contribution in [0.5, 0.6) is 0 Å². The SMILES string of the molecule is Pc1ccc(C2CCCCC2)cc1P. The highest BCUT2D eigenvalue weighted by molar-refractivity contribution is 7.35. The summed E-state index contributed by atoms with van der Waals surface area (Å²) in [4.78, 5) is 0. The van der Waals surface area contributed by atoms with Gasteiger partial charge in [0.2, 0.25) is 0 Å². The first-order chi connectivity index (χ1) is 6.77. The lowest BCUT2D eigenvalue weighted by molar-refractivity contribution is 0.444. The van der Waals surface area contributed by atoms with Crippen LogP contribution < -0.4 is 10.6 Å². The Bertz CT molecular complexity index is 314. The molecule has 2 heteroatoms. The van der Waals surface area contributed by atoms with Gasteiger partial charge in [-0.25, -0.2) is 0 Å². The summed E-state index contributed by atoms with van der Waals surface area (Å²) in [6, 6.07) is 6.85. The Labute approximate surface area is 91.3 Å². The Kier molecular flexibility index (Phi) is 3.58. The van der Waals surface area contributed by atoms with Crippen LogP contribution in [0.2, 0.25) is 0 Å². The van der Waals surface area contributed by atoms with Gasteiger partial charge in [-0.15, -0.1) is 18.5 Å². The zero-order chi connectivity index (χ0) is 9.97. The Morgan fingerprint density at radius 1 is 0.929 bits per heavy atom. The van der Waals surface area contributed by atoms with Crippen molar-refractivity contribution in [2.75, 3.05) is 0 Å². The van der Waals surface area contributed by atoms with Crippen molar-refractivity contribution >= 4 is 29.1 Å². The zero-order valence-corrected chi connectivity index (χ0v) is 10.8. The predicted octanol–water partition coefficient (Wildman–Crippen LogP) is 2.74. The van der Waals surface area contributed by atoms with Crippen molar-refractivity contribution in [3.05, 3.63) is 23.8 Å².